The Hall–Kier alpha value is -2.59. The molecule has 0 saturated carbocycles. The fraction of sp³-hybridized carbons (Fsp3) is 0.438. The number of hydrogen-bond donors (Lipinski definition) is 1. The average Bonchev–Trinajstić information content (AvgIpc) is 2.78. The van der Waals surface area contributed by atoms with E-state index in [0.29, 0.717) is 25.3 Å². The molecule has 1 heterocycles. The highest BCUT2D eigenvalue weighted by Gasteiger charge is 2.22. The molecule has 1 aromatic carbocycles. The maximum Gasteiger partial charge on any atom is 0.292 e. The topological polar surface area (TPSA) is 78.7 Å². The number of rotatable bonds is 5. The van der Waals surface area contributed by atoms with E-state index in [1.165, 1.54) is 6.07 Å². The van der Waals surface area contributed by atoms with Crippen LogP contribution in [0, 0.1) is 22.5 Å². The van der Waals surface area contributed by atoms with E-state index < -0.39 is 0 Å². The van der Waals surface area contributed by atoms with Crippen molar-refractivity contribution >= 4 is 17.3 Å². The number of nitrogens with zero attached hydrogens (tertiary/aromatic N) is 3. The van der Waals surface area contributed by atoms with Crippen LogP contribution in [-0.2, 0) is 4.79 Å². The zero-order valence-electron chi connectivity index (χ0n) is 12.9. The zero-order valence-corrected chi connectivity index (χ0v) is 12.9. The normalized spacial score (nSPS) is 15.5. The summed E-state index contributed by atoms with van der Waals surface area (Å²) in [5.74, 6) is 2.28. The fourth-order valence-corrected chi connectivity index (χ4v) is 2.66. The maximum atomic E-state index is 11.7. The van der Waals surface area contributed by atoms with Gasteiger partial charge >= 0.3 is 0 Å². The van der Waals surface area contributed by atoms with Gasteiger partial charge in [-0.1, -0.05) is 18.1 Å². The van der Waals surface area contributed by atoms with Gasteiger partial charge in [0.25, 0.3) is 5.69 Å². The third kappa shape index (κ3) is 4.69. The van der Waals surface area contributed by atoms with Crippen molar-refractivity contribution < 1.29 is 9.72 Å². The number of benzene rings is 1. The summed E-state index contributed by atoms with van der Waals surface area (Å²) in [5.41, 5.74) is 0.754. The molecule has 122 valence electrons. The van der Waals surface area contributed by atoms with Crippen LogP contribution in [0.2, 0.25) is 0 Å². The van der Waals surface area contributed by atoms with Crippen LogP contribution in [0.4, 0.5) is 11.4 Å². The molecule has 1 aliphatic heterocycles. The molecule has 1 N–H and O–H groups in total. The van der Waals surface area contributed by atoms with Gasteiger partial charge in [0, 0.05) is 32.2 Å². The van der Waals surface area contributed by atoms with Crippen LogP contribution in [-0.4, -0.2) is 55.0 Å². The fourth-order valence-electron chi connectivity index (χ4n) is 2.66. The quantitative estimate of drug-likeness (QED) is 0.495. The smallest absolute Gasteiger partial charge is 0.292 e. The Balaban J connectivity index is 1.98. The summed E-state index contributed by atoms with van der Waals surface area (Å²) in [6, 6.07) is 6.76. The van der Waals surface area contributed by atoms with Crippen molar-refractivity contribution in [2.24, 2.45) is 0 Å². The van der Waals surface area contributed by atoms with Gasteiger partial charge in [0.15, 0.2) is 0 Å². The average molecular weight is 316 g/mol. The van der Waals surface area contributed by atoms with E-state index in [9.17, 15) is 14.9 Å². The molecular formula is C16H20N4O3. The van der Waals surface area contributed by atoms with Crippen molar-refractivity contribution in [2.75, 3.05) is 44.2 Å². The van der Waals surface area contributed by atoms with Crippen molar-refractivity contribution in [1.82, 2.24) is 10.2 Å². The highest BCUT2D eigenvalue weighted by Crippen LogP contribution is 2.28. The number of carbonyl (C=O) groups is 1. The Morgan fingerprint density at radius 1 is 1.30 bits per heavy atom. The summed E-state index contributed by atoms with van der Waals surface area (Å²) in [6.45, 7) is 3.36. The van der Waals surface area contributed by atoms with Gasteiger partial charge < -0.3 is 10.2 Å². The van der Waals surface area contributed by atoms with E-state index in [4.69, 9.17) is 6.42 Å². The van der Waals surface area contributed by atoms with Crippen LogP contribution in [0.1, 0.15) is 6.42 Å². The third-order valence-corrected chi connectivity index (χ3v) is 3.76. The number of anilines is 1. The molecule has 0 radical (unpaired) electrons. The highest BCUT2D eigenvalue weighted by molar-refractivity contribution is 5.78. The van der Waals surface area contributed by atoms with Crippen molar-refractivity contribution in [3.05, 3.63) is 34.4 Å². The van der Waals surface area contributed by atoms with Gasteiger partial charge in [0.1, 0.15) is 5.69 Å². The second-order valence-electron chi connectivity index (χ2n) is 5.34. The minimum atomic E-state index is -0.356. The van der Waals surface area contributed by atoms with E-state index in [-0.39, 0.29) is 23.1 Å². The van der Waals surface area contributed by atoms with Crippen LogP contribution in [0.5, 0.6) is 0 Å². The summed E-state index contributed by atoms with van der Waals surface area (Å²) in [5, 5.41) is 13.8. The lowest BCUT2D eigenvalue weighted by atomic mass is 10.2. The van der Waals surface area contributed by atoms with Crippen LogP contribution in [0.3, 0.4) is 0 Å². The molecule has 0 atom stereocenters. The third-order valence-electron chi connectivity index (χ3n) is 3.76. The first-order chi connectivity index (χ1) is 11.1. The van der Waals surface area contributed by atoms with Crippen molar-refractivity contribution in [3.8, 4) is 12.3 Å². The Kier molecular flexibility index (Phi) is 5.94. The lowest BCUT2D eigenvalue weighted by Crippen LogP contribution is -2.39. The standard InChI is InChI=1S/C16H20N4O3/c1-2-8-17-16(21)13-18-9-5-10-19(12-11-18)14-6-3-4-7-15(14)20(22)23/h1,3-4,6-7H,5,8-13H2,(H,17,21). The van der Waals surface area contributed by atoms with Gasteiger partial charge in [0.05, 0.1) is 18.0 Å². The molecule has 1 aliphatic rings. The molecule has 1 saturated heterocycles. The van der Waals surface area contributed by atoms with Gasteiger partial charge in [-0.15, -0.1) is 6.42 Å². The second-order valence-corrected chi connectivity index (χ2v) is 5.34. The predicted octanol–water partition coefficient (Wildman–Crippen LogP) is 0.856. The summed E-state index contributed by atoms with van der Waals surface area (Å²) < 4.78 is 0. The van der Waals surface area contributed by atoms with Crippen LogP contribution in [0.15, 0.2) is 24.3 Å². The number of nitro groups is 1. The minimum Gasteiger partial charge on any atom is -0.365 e. The first kappa shape index (κ1) is 16.8. The Morgan fingerprint density at radius 3 is 2.83 bits per heavy atom. The van der Waals surface area contributed by atoms with Crippen molar-refractivity contribution in [3.63, 3.8) is 0 Å². The lowest BCUT2D eigenvalue weighted by Gasteiger charge is -2.23. The number of carbonyl (C=O) groups excluding carboxylic acids is 1. The van der Waals surface area contributed by atoms with Gasteiger partial charge in [0.2, 0.25) is 5.91 Å². The maximum absolute atomic E-state index is 11.7. The monoisotopic (exact) mass is 316 g/mol. The molecule has 0 bridgehead atoms. The van der Waals surface area contributed by atoms with E-state index >= 15 is 0 Å². The largest absolute Gasteiger partial charge is 0.365 e. The van der Waals surface area contributed by atoms with E-state index in [1.54, 1.807) is 18.2 Å². The van der Waals surface area contributed by atoms with Crippen molar-refractivity contribution in [2.45, 2.75) is 6.42 Å². The molecule has 0 aliphatic carbocycles. The van der Waals surface area contributed by atoms with E-state index in [2.05, 4.69) is 11.2 Å². The van der Waals surface area contributed by atoms with Crippen LogP contribution >= 0.6 is 0 Å². The lowest BCUT2D eigenvalue weighted by molar-refractivity contribution is -0.384. The molecule has 0 unspecified atom stereocenters. The summed E-state index contributed by atoms with van der Waals surface area (Å²) in [7, 11) is 0. The number of terminal acetylenes is 1. The van der Waals surface area contributed by atoms with Gasteiger partial charge in [-0.25, -0.2) is 0 Å². The number of amides is 1. The van der Waals surface area contributed by atoms with Crippen LogP contribution in [0.25, 0.3) is 0 Å². The zero-order chi connectivity index (χ0) is 16.7. The van der Waals surface area contributed by atoms with Crippen LogP contribution < -0.4 is 10.2 Å². The Labute approximate surface area is 135 Å². The summed E-state index contributed by atoms with van der Waals surface area (Å²) in [6.07, 6.45) is 5.96. The van der Waals surface area contributed by atoms with E-state index in [0.717, 1.165) is 19.5 Å². The molecule has 1 fully saturated rings. The first-order valence-electron chi connectivity index (χ1n) is 7.52. The Morgan fingerprint density at radius 2 is 2.09 bits per heavy atom. The van der Waals surface area contributed by atoms with Gasteiger partial charge in [-0.2, -0.15) is 0 Å². The highest BCUT2D eigenvalue weighted by atomic mass is 16.6. The summed E-state index contributed by atoms with van der Waals surface area (Å²) >= 11 is 0. The molecule has 0 spiro atoms. The molecule has 23 heavy (non-hydrogen) atoms. The second kappa shape index (κ2) is 8.15. The summed E-state index contributed by atoms with van der Waals surface area (Å²) in [4.78, 5) is 26.6. The van der Waals surface area contributed by atoms with E-state index in [1.807, 2.05) is 9.80 Å². The molecule has 2 rings (SSSR count). The molecule has 1 aromatic rings. The molecule has 7 heteroatoms. The molecule has 0 aromatic heterocycles. The number of para-hydroxylation sites is 2. The van der Waals surface area contributed by atoms with Crippen molar-refractivity contribution in [1.29, 1.82) is 0 Å². The number of nitro benzene ring substituents is 1. The number of hydrogen-bond acceptors (Lipinski definition) is 5. The Bertz CT molecular complexity index is 612. The SMILES string of the molecule is C#CCNC(=O)CN1CCCN(c2ccccc2[N+](=O)[O-])CC1. The molecule has 1 amide bonds. The molecule has 7 nitrogen and oxygen atoms in total. The van der Waals surface area contributed by atoms with Gasteiger partial charge in [-0.3, -0.25) is 19.8 Å². The predicted molar refractivity (Wildman–Crippen MR) is 88.2 cm³/mol. The minimum absolute atomic E-state index is 0.0953. The first-order valence-corrected chi connectivity index (χ1v) is 7.52. The number of nitrogens with one attached hydrogen (secondary N) is 1. The van der Waals surface area contributed by atoms with Gasteiger partial charge in [-0.05, 0) is 12.5 Å². The molecular weight excluding hydrogens is 296 g/mol.